The third-order valence-corrected chi connectivity index (χ3v) is 6.49. The molecule has 0 spiro atoms. The highest BCUT2D eigenvalue weighted by atomic mass is 32.2. The lowest BCUT2D eigenvalue weighted by Crippen LogP contribution is -2.46. The topological polar surface area (TPSA) is 52.6 Å². The number of esters is 2. The predicted molar refractivity (Wildman–Crippen MR) is 121 cm³/mol. The molecule has 30 heavy (non-hydrogen) atoms. The molecule has 1 atom stereocenters. The van der Waals surface area contributed by atoms with Gasteiger partial charge in [-0.2, -0.15) is 0 Å². The minimum Gasteiger partial charge on any atom is -0.465 e. The van der Waals surface area contributed by atoms with Crippen molar-refractivity contribution in [3.63, 3.8) is 0 Å². The molecule has 2 aromatic rings. The van der Waals surface area contributed by atoms with Crippen molar-refractivity contribution in [2.75, 3.05) is 13.2 Å². The molecule has 5 heteroatoms. The number of hydrogen-bond acceptors (Lipinski definition) is 5. The Morgan fingerprint density at radius 3 is 1.77 bits per heavy atom. The summed E-state index contributed by atoms with van der Waals surface area (Å²) >= 11 is 1.49. The summed E-state index contributed by atoms with van der Waals surface area (Å²) in [5.41, 5.74) is 1.79. The summed E-state index contributed by atoms with van der Waals surface area (Å²) in [7, 11) is 0. The van der Waals surface area contributed by atoms with E-state index in [4.69, 9.17) is 9.47 Å². The first-order valence-electron chi connectivity index (χ1n) is 10.1. The van der Waals surface area contributed by atoms with Crippen molar-refractivity contribution in [2.24, 2.45) is 5.41 Å². The van der Waals surface area contributed by atoms with Gasteiger partial charge in [0.05, 0.1) is 18.5 Å². The number of ether oxygens (including phenoxy) is 2. The van der Waals surface area contributed by atoms with Crippen molar-refractivity contribution in [1.82, 2.24) is 0 Å². The minimum absolute atomic E-state index is 0.205. The van der Waals surface area contributed by atoms with Crippen molar-refractivity contribution in [3.8, 4) is 0 Å². The Bertz CT molecular complexity index is 888. The van der Waals surface area contributed by atoms with E-state index in [1.165, 1.54) is 11.8 Å². The fourth-order valence-electron chi connectivity index (χ4n) is 3.38. The minimum atomic E-state index is -1.42. The van der Waals surface area contributed by atoms with Crippen molar-refractivity contribution in [3.05, 3.63) is 88.8 Å². The molecule has 0 amide bonds. The van der Waals surface area contributed by atoms with Gasteiger partial charge >= 0.3 is 11.9 Å². The molecule has 4 nitrogen and oxygen atoms in total. The molecule has 1 aliphatic rings. The normalized spacial score (nSPS) is 15.7. The third kappa shape index (κ3) is 4.36. The average molecular weight is 423 g/mol. The van der Waals surface area contributed by atoms with Gasteiger partial charge in [0.1, 0.15) is 0 Å². The lowest BCUT2D eigenvalue weighted by Gasteiger charge is -2.29. The van der Waals surface area contributed by atoms with E-state index in [2.05, 4.69) is 24.3 Å². The summed E-state index contributed by atoms with van der Waals surface area (Å²) in [4.78, 5) is 26.6. The van der Waals surface area contributed by atoms with Crippen molar-refractivity contribution in [2.45, 2.75) is 26.0 Å². The van der Waals surface area contributed by atoms with Crippen LogP contribution in [0, 0.1) is 5.41 Å². The Morgan fingerprint density at radius 2 is 1.33 bits per heavy atom. The second kappa shape index (κ2) is 9.81. The lowest BCUT2D eigenvalue weighted by atomic mass is 9.86. The molecular weight excluding hydrogens is 396 g/mol. The fraction of sp³-hybridized carbons (Fsp3) is 0.280. The Kier molecular flexibility index (Phi) is 7.16. The number of benzene rings is 2. The van der Waals surface area contributed by atoms with Crippen LogP contribution in [0.25, 0.3) is 5.57 Å². The number of carbonyl (C=O) groups is 2. The zero-order valence-electron chi connectivity index (χ0n) is 17.5. The molecule has 1 aliphatic heterocycles. The Balaban J connectivity index is 2.04. The van der Waals surface area contributed by atoms with Gasteiger partial charge in [0.2, 0.25) is 0 Å². The van der Waals surface area contributed by atoms with Crippen LogP contribution in [0.4, 0.5) is 0 Å². The summed E-state index contributed by atoms with van der Waals surface area (Å²) in [6.45, 7) is 5.48. The first-order valence-corrected chi connectivity index (χ1v) is 10.9. The van der Waals surface area contributed by atoms with E-state index in [1.807, 2.05) is 48.6 Å². The average Bonchev–Trinajstić information content (AvgIpc) is 3.25. The molecule has 1 heterocycles. The van der Waals surface area contributed by atoms with Gasteiger partial charge in [-0.15, -0.1) is 11.8 Å². The second-order valence-electron chi connectivity index (χ2n) is 7.01. The highest BCUT2D eigenvalue weighted by Crippen LogP contribution is 2.47. The first-order chi connectivity index (χ1) is 14.5. The van der Waals surface area contributed by atoms with Crippen molar-refractivity contribution < 1.29 is 19.1 Å². The summed E-state index contributed by atoms with van der Waals surface area (Å²) < 4.78 is 10.5. The van der Waals surface area contributed by atoms with E-state index in [1.54, 1.807) is 20.8 Å². The summed E-state index contributed by atoms with van der Waals surface area (Å²) in [6.07, 6.45) is 3.89. The van der Waals surface area contributed by atoms with E-state index in [9.17, 15) is 9.59 Å². The Labute approximate surface area is 182 Å². The number of hydrogen-bond donors (Lipinski definition) is 0. The van der Waals surface area contributed by atoms with Crippen LogP contribution in [0.1, 0.15) is 31.9 Å². The molecule has 0 aromatic heterocycles. The molecule has 0 radical (unpaired) electrons. The van der Waals surface area contributed by atoms with Crippen LogP contribution in [0.15, 0.2) is 77.7 Å². The van der Waals surface area contributed by atoms with E-state index < -0.39 is 22.6 Å². The molecule has 0 saturated carbocycles. The van der Waals surface area contributed by atoms with Crippen LogP contribution in [0.5, 0.6) is 0 Å². The van der Waals surface area contributed by atoms with Gasteiger partial charge in [0, 0.05) is 10.5 Å². The monoisotopic (exact) mass is 422 g/mol. The quantitative estimate of drug-likeness (QED) is 0.451. The van der Waals surface area contributed by atoms with Crippen LogP contribution in [-0.2, 0) is 19.1 Å². The molecule has 0 N–H and O–H groups in total. The molecular formula is C25H26O4S. The molecule has 1 unspecified atom stereocenters. The maximum atomic E-state index is 12.8. The van der Waals surface area contributed by atoms with Gasteiger partial charge in [0.15, 0.2) is 5.41 Å². The smallest absolute Gasteiger partial charge is 0.324 e. The highest BCUT2D eigenvalue weighted by molar-refractivity contribution is 8.04. The van der Waals surface area contributed by atoms with E-state index >= 15 is 0 Å². The fourth-order valence-corrected chi connectivity index (χ4v) is 4.75. The van der Waals surface area contributed by atoms with E-state index in [0.29, 0.717) is 0 Å². The van der Waals surface area contributed by atoms with Crippen LogP contribution < -0.4 is 0 Å². The van der Waals surface area contributed by atoms with Gasteiger partial charge in [-0.25, -0.2) is 0 Å². The maximum Gasteiger partial charge on any atom is 0.324 e. The summed E-state index contributed by atoms with van der Waals surface area (Å²) in [5.74, 6) is -1.12. The Hall–Kier alpha value is -2.79. The molecule has 3 rings (SSSR count). The highest BCUT2D eigenvalue weighted by Gasteiger charge is 2.51. The molecule has 156 valence electrons. The van der Waals surface area contributed by atoms with Crippen LogP contribution >= 0.6 is 11.8 Å². The van der Waals surface area contributed by atoms with Crippen LogP contribution in [0.3, 0.4) is 0 Å². The van der Waals surface area contributed by atoms with Gasteiger partial charge in [-0.05, 0) is 31.9 Å². The van der Waals surface area contributed by atoms with Crippen molar-refractivity contribution in [1.29, 1.82) is 0 Å². The number of thioether (sulfide) groups is 1. The predicted octanol–water partition coefficient (Wildman–Crippen LogP) is 5.25. The van der Waals surface area contributed by atoms with E-state index in [-0.39, 0.29) is 13.2 Å². The molecule has 2 aromatic carbocycles. The first kappa shape index (κ1) is 21.9. The second-order valence-corrected chi connectivity index (χ2v) is 8.20. The maximum absolute atomic E-state index is 12.8. The summed E-state index contributed by atoms with van der Waals surface area (Å²) in [6, 6.07) is 20.2. The SMILES string of the molecule is CCOC(=O)C(C)(C(=O)OCC)C1C=CC(=C(c2ccccc2)c2ccccc2)S1. The number of carbonyl (C=O) groups excluding carboxylic acids is 2. The lowest BCUT2D eigenvalue weighted by molar-refractivity contribution is -0.169. The third-order valence-electron chi connectivity index (χ3n) is 5.02. The largest absolute Gasteiger partial charge is 0.465 e. The van der Waals surface area contributed by atoms with Crippen LogP contribution in [-0.4, -0.2) is 30.4 Å². The van der Waals surface area contributed by atoms with Crippen LogP contribution in [0.2, 0.25) is 0 Å². The molecule has 0 fully saturated rings. The molecule has 0 aliphatic carbocycles. The molecule has 0 bridgehead atoms. The standard InChI is InChI=1S/C25H26O4S/c1-4-28-23(26)25(3,24(27)29-5-2)21-17-16-20(30-21)22(18-12-8-6-9-13-18)19-14-10-7-11-15-19/h6-17,21H,4-5H2,1-3H3. The number of rotatable bonds is 7. The van der Waals surface area contributed by atoms with Gasteiger partial charge in [-0.1, -0.05) is 72.8 Å². The van der Waals surface area contributed by atoms with Gasteiger partial charge in [-0.3, -0.25) is 9.59 Å². The van der Waals surface area contributed by atoms with E-state index in [0.717, 1.165) is 21.6 Å². The molecule has 0 saturated heterocycles. The van der Waals surface area contributed by atoms with Crippen molar-refractivity contribution >= 4 is 29.3 Å². The van der Waals surface area contributed by atoms with Gasteiger partial charge in [0.25, 0.3) is 0 Å². The number of allylic oxidation sites excluding steroid dienone is 1. The zero-order valence-corrected chi connectivity index (χ0v) is 18.3. The Morgan fingerprint density at radius 1 is 0.867 bits per heavy atom. The van der Waals surface area contributed by atoms with Gasteiger partial charge < -0.3 is 9.47 Å². The zero-order chi connectivity index (χ0) is 21.6. The summed E-state index contributed by atoms with van der Waals surface area (Å²) in [5, 5.41) is -0.423.